The van der Waals surface area contributed by atoms with Crippen LogP contribution in [-0.4, -0.2) is 82.7 Å². The zero-order valence-electron chi connectivity index (χ0n) is 27.8. The van der Waals surface area contributed by atoms with E-state index >= 15 is 0 Å². The predicted molar refractivity (Wildman–Crippen MR) is 197 cm³/mol. The quantitative estimate of drug-likeness (QED) is 0.196. The van der Waals surface area contributed by atoms with Gasteiger partial charge in [0.05, 0.1) is 39.6 Å². The molecule has 1 fully saturated rings. The number of nitrogens with one attached hydrogen (secondary N) is 2. The summed E-state index contributed by atoms with van der Waals surface area (Å²) in [5.74, 6) is 1.94. The largest absolute Gasteiger partial charge is 0.489 e. The van der Waals surface area contributed by atoms with Crippen LogP contribution in [0.25, 0.3) is 0 Å². The van der Waals surface area contributed by atoms with E-state index in [9.17, 15) is 13.2 Å². The second kappa shape index (κ2) is 15.8. The lowest BCUT2D eigenvalue weighted by Gasteiger charge is -2.34. The summed E-state index contributed by atoms with van der Waals surface area (Å²) in [4.78, 5) is 24.9. The standard InChI is InChI=1S/C33H43ClN6O4S3/c1-20(2)44-28-17-24(23-12-14-40(15-13-23)33(45)46-19-30(41)39(6)7)22(5)16-27(28)37-32-35-18-25(34)31(38-32)36-26-10-8-9-11-29(26)47(42,43)21(3)4/h8-11,16-18,20-21,23H,12-15,19H2,1-7H3,(H2,35,36,37,38). The van der Waals surface area contributed by atoms with Gasteiger partial charge < -0.3 is 25.2 Å². The number of sulfone groups is 1. The van der Waals surface area contributed by atoms with E-state index in [2.05, 4.69) is 38.5 Å². The molecule has 14 heteroatoms. The smallest absolute Gasteiger partial charge is 0.232 e. The van der Waals surface area contributed by atoms with E-state index in [1.54, 1.807) is 57.1 Å². The van der Waals surface area contributed by atoms with Crippen LogP contribution < -0.4 is 15.4 Å². The van der Waals surface area contributed by atoms with Gasteiger partial charge in [-0.05, 0) is 88.8 Å². The number of thiocarbonyl (C=S) groups is 1. The van der Waals surface area contributed by atoms with Gasteiger partial charge in [0.2, 0.25) is 11.9 Å². The minimum absolute atomic E-state index is 0.0492. The molecule has 1 saturated heterocycles. The number of carbonyl (C=O) groups excluding carboxylic acids is 1. The highest BCUT2D eigenvalue weighted by Crippen LogP contribution is 2.39. The van der Waals surface area contributed by atoms with Gasteiger partial charge in [0.25, 0.3) is 0 Å². The minimum Gasteiger partial charge on any atom is -0.489 e. The van der Waals surface area contributed by atoms with Gasteiger partial charge >= 0.3 is 0 Å². The first kappa shape index (κ1) is 36.7. The Morgan fingerprint density at radius 3 is 2.45 bits per heavy atom. The van der Waals surface area contributed by atoms with Gasteiger partial charge in [-0.1, -0.05) is 47.7 Å². The monoisotopic (exact) mass is 718 g/mol. The molecule has 1 aromatic heterocycles. The Morgan fingerprint density at radius 2 is 1.81 bits per heavy atom. The maximum atomic E-state index is 13.0. The van der Waals surface area contributed by atoms with Gasteiger partial charge in [0, 0.05) is 27.2 Å². The molecule has 0 aliphatic carbocycles. The summed E-state index contributed by atoms with van der Waals surface area (Å²) in [6.45, 7) is 11.0. The first-order chi connectivity index (χ1) is 22.2. The number of ether oxygens (including phenoxy) is 1. The Kier molecular flexibility index (Phi) is 12.4. The number of amides is 1. The number of likely N-dealkylation sites (tertiary alicyclic amines) is 1. The van der Waals surface area contributed by atoms with E-state index in [4.69, 9.17) is 28.6 Å². The third-order valence-electron chi connectivity index (χ3n) is 7.80. The van der Waals surface area contributed by atoms with Crippen molar-refractivity contribution in [3.05, 3.63) is 58.7 Å². The molecule has 2 N–H and O–H groups in total. The highest BCUT2D eigenvalue weighted by Gasteiger charge is 2.26. The molecule has 1 aliphatic rings. The Hall–Kier alpha value is -3.13. The van der Waals surface area contributed by atoms with Crippen molar-refractivity contribution in [3.8, 4) is 5.75 Å². The van der Waals surface area contributed by atoms with Gasteiger partial charge in [0.15, 0.2) is 15.7 Å². The number of thioether (sulfide) groups is 1. The second-order valence-electron chi connectivity index (χ2n) is 12.2. The summed E-state index contributed by atoms with van der Waals surface area (Å²) in [5, 5.41) is 6.04. The molecular weight excluding hydrogens is 676 g/mol. The van der Waals surface area contributed by atoms with Crippen LogP contribution in [0.5, 0.6) is 5.75 Å². The fourth-order valence-electron chi connectivity index (χ4n) is 5.14. The lowest BCUT2D eigenvalue weighted by Crippen LogP contribution is -2.36. The zero-order chi connectivity index (χ0) is 34.5. The Morgan fingerprint density at radius 1 is 1.13 bits per heavy atom. The highest BCUT2D eigenvalue weighted by atomic mass is 35.5. The maximum Gasteiger partial charge on any atom is 0.232 e. The number of nitrogens with zero attached hydrogens (tertiary/aromatic N) is 4. The molecule has 1 amide bonds. The Balaban J connectivity index is 1.53. The molecule has 254 valence electrons. The second-order valence-corrected chi connectivity index (χ2v) is 16.7. The number of hydrogen-bond donors (Lipinski definition) is 2. The Labute approximate surface area is 292 Å². The molecule has 3 aromatic rings. The number of para-hydroxylation sites is 1. The summed E-state index contributed by atoms with van der Waals surface area (Å²) >= 11 is 13.5. The lowest BCUT2D eigenvalue weighted by molar-refractivity contribution is -0.125. The van der Waals surface area contributed by atoms with Crippen LogP contribution in [0, 0.1) is 6.92 Å². The summed E-state index contributed by atoms with van der Waals surface area (Å²) in [5.41, 5.74) is 3.41. The first-order valence-electron chi connectivity index (χ1n) is 15.5. The van der Waals surface area contributed by atoms with Crippen LogP contribution in [0.15, 0.2) is 47.5 Å². The van der Waals surface area contributed by atoms with Gasteiger partial charge in [-0.3, -0.25) is 4.79 Å². The molecule has 10 nitrogen and oxygen atoms in total. The molecule has 47 heavy (non-hydrogen) atoms. The number of piperidine rings is 1. The van der Waals surface area contributed by atoms with Crippen LogP contribution in [-0.2, 0) is 14.6 Å². The summed E-state index contributed by atoms with van der Waals surface area (Å²) in [7, 11) is -0.0559. The lowest BCUT2D eigenvalue weighted by atomic mass is 9.86. The maximum absolute atomic E-state index is 13.0. The molecule has 0 bridgehead atoms. The number of halogens is 1. The minimum atomic E-state index is -3.56. The van der Waals surface area contributed by atoms with E-state index in [1.165, 1.54) is 23.5 Å². The summed E-state index contributed by atoms with van der Waals surface area (Å²) in [6, 6.07) is 10.8. The van der Waals surface area contributed by atoms with Crippen LogP contribution in [0.1, 0.15) is 57.6 Å². The van der Waals surface area contributed by atoms with Gasteiger partial charge in [0.1, 0.15) is 15.1 Å². The fourth-order valence-corrected chi connectivity index (χ4v) is 7.71. The third kappa shape index (κ3) is 9.27. The van der Waals surface area contributed by atoms with Crippen LogP contribution >= 0.6 is 35.6 Å². The van der Waals surface area contributed by atoms with Crippen LogP contribution in [0.4, 0.5) is 23.1 Å². The van der Waals surface area contributed by atoms with Gasteiger partial charge in [-0.2, -0.15) is 4.98 Å². The average Bonchev–Trinajstić information content (AvgIpc) is 3.02. The number of hydrogen-bond acceptors (Lipinski definition) is 10. The number of carbonyl (C=O) groups is 1. The normalized spacial score (nSPS) is 14.0. The fraction of sp³-hybridized carbons (Fsp3) is 0.455. The van der Waals surface area contributed by atoms with Crippen molar-refractivity contribution in [3.63, 3.8) is 0 Å². The van der Waals surface area contributed by atoms with Gasteiger partial charge in [-0.15, -0.1) is 0 Å². The molecule has 0 atom stereocenters. The molecule has 0 radical (unpaired) electrons. The molecule has 2 aromatic carbocycles. The van der Waals surface area contributed by atoms with Crippen molar-refractivity contribution in [1.82, 2.24) is 19.8 Å². The van der Waals surface area contributed by atoms with Crippen molar-refractivity contribution in [2.24, 2.45) is 0 Å². The van der Waals surface area contributed by atoms with Gasteiger partial charge in [-0.25, -0.2) is 13.4 Å². The molecule has 0 saturated carbocycles. The number of anilines is 4. The van der Waals surface area contributed by atoms with E-state index in [-0.39, 0.29) is 33.7 Å². The van der Waals surface area contributed by atoms with Crippen molar-refractivity contribution < 1.29 is 17.9 Å². The number of aromatic nitrogens is 2. The molecule has 0 unspecified atom stereocenters. The number of aryl methyl sites for hydroxylation is 1. The SMILES string of the molecule is Cc1cc(Nc2ncc(Cl)c(Nc3ccccc3S(=O)(=O)C(C)C)n2)c(OC(C)C)cc1C1CCN(C(=S)SCC(=O)N(C)C)CC1. The third-order valence-corrected chi connectivity index (χ3v) is 11.8. The first-order valence-corrected chi connectivity index (χ1v) is 18.8. The van der Waals surface area contributed by atoms with Crippen molar-refractivity contribution in [1.29, 1.82) is 0 Å². The number of benzene rings is 2. The molecule has 2 heterocycles. The zero-order valence-corrected chi connectivity index (χ0v) is 31.0. The highest BCUT2D eigenvalue weighted by molar-refractivity contribution is 8.23. The Bertz CT molecular complexity index is 1710. The average molecular weight is 719 g/mol. The predicted octanol–water partition coefficient (Wildman–Crippen LogP) is 7.18. The van der Waals surface area contributed by atoms with Crippen molar-refractivity contribution >= 4 is 78.8 Å². The van der Waals surface area contributed by atoms with E-state index in [0.717, 1.165) is 35.8 Å². The molecule has 1 aliphatic heterocycles. The van der Waals surface area contributed by atoms with Crippen molar-refractivity contribution in [2.75, 3.05) is 43.6 Å². The molecule has 4 rings (SSSR count). The van der Waals surface area contributed by atoms with E-state index < -0.39 is 15.1 Å². The van der Waals surface area contributed by atoms with Crippen molar-refractivity contribution in [2.45, 2.75) is 69.6 Å². The van der Waals surface area contributed by atoms with Crippen LogP contribution in [0.3, 0.4) is 0 Å². The molecular formula is C33H43ClN6O4S3. The van der Waals surface area contributed by atoms with Crippen LogP contribution in [0.2, 0.25) is 5.02 Å². The number of rotatable bonds is 11. The topological polar surface area (TPSA) is 117 Å². The summed E-state index contributed by atoms with van der Waals surface area (Å²) < 4.78 is 33.0. The molecule has 0 spiro atoms. The van der Waals surface area contributed by atoms with E-state index in [0.29, 0.717) is 28.8 Å². The summed E-state index contributed by atoms with van der Waals surface area (Å²) in [6.07, 6.45) is 3.26. The van der Waals surface area contributed by atoms with E-state index in [1.807, 2.05) is 19.9 Å².